The molecule has 0 radical (unpaired) electrons. The Morgan fingerprint density at radius 1 is 1.13 bits per heavy atom. The van der Waals surface area contributed by atoms with E-state index in [0.29, 0.717) is 16.2 Å². The molecule has 4 aromatic rings. The molecule has 11 nitrogen and oxygen atoms in total. The van der Waals surface area contributed by atoms with E-state index < -0.39 is 22.0 Å². The van der Waals surface area contributed by atoms with Crippen LogP contribution < -0.4 is 14.8 Å². The number of benzene rings is 2. The molecule has 0 bridgehead atoms. The van der Waals surface area contributed by atoms with Gasteiger partial charge in [-0.2, -0.15) is 0 Å². The molecule has 0 aliphatic heterocycles. The number of rotatable bonds is 11. The third kappa shape index (κ3) is 6.25. The van der Waals surface area contributed by atoms with Crippen LogP contribution in [0.2, 0.25) is 0 Å². The van der Waals surface area contributed by atoms with Crippen molar-refractivity contribution in [2.45, 2.75) is 23.2 Å². The topological polar surface area (TPSA) is 153 Å². The number of ether oxygens (including phenoxy) is 1. The van der Waals surface area contributed by atoms with Gasteiger partial charge in [0.1, 0.15) is 9.96 Å². The lowest BCUT2D eigenvalue weighted by Crippen LogP contribution is -2.23. The maximum absolute atomic E-state index is 12.9. The summed E-state index contributed by atoms with van der Waals surface area (Å²) in [6.07, 6.45) is 1.57. The molecule has 198 valence electrons. The van der Waals surface area contributed by atoms with Crippen LogP contribution >= 0.6 is 11.3 Å². The van der Waals surface area contributed by atoms with Crippen molar-refractivity contribution in [1.29, 1.82) is 0 Å². The van der Waals surface area contributed by atoms with Crippen molar-refractivity contribution in [3.63, 3.8) is 0 Å². The van der Waals surface area contributed by atoms with Gasteiger partial charge in [-0.25, -0.2) is 22.6 Å². The normalized spacial score (nSPS) is 12.2. The standard InChI is InChI=1S/C25H25N5O6S2/c1-26-24(31)18-5-3-4-17(13-18)22-10-11-23(37-22)38(34,35)27-14-19-15-30(29-28-19)21(25(32)33)12-16-6-8-20(36-2)9-7-16/h3-11,13,15,21,27H,12,14H2,1-2H3,(H,26,31)(H,32,33)/t21-/m0/s1. The van der Waals surface area contributed by atoms with Gasteiger partial charge in [0.2, 0.25) is 10.0 Å². The molecule has 13 heteroatoms. The molecule has 0 fully saturated rings. The molecule has 3 N–H and O–H groups in total. The summed E-state index contributed by atoms with van der Waals surface area (Å²) in [7, 11) is -0.789. The Balaban J connectivity index is 1.44. The smallest absolute Gasteiger partial charge is 0.328 e. The third-order valence-electron chi connectivity index (χ3n) is 5.68. The number of hydrogen-bond acceptors (Lipinski definition) is 8. The van der Waals surface area contributed by atoms with Crippen molar-refractivity contribution in [3.05, 3.63) is 83.7 Å². The van der Waals surface area contributed by atoms with Gasteiger partial charge in [0.25, 0.3) is 5.91 Å². The quantitative estimate of drug-likeness (QED) is 0.255. The summed E-state index contributed by atoms with van der Waals surface area (Å²) in [6.45, 7) is -0.170. The zero-order chi connectivity index (χ0) is 27.3. The number of aromatic nitrogens is 3. The first-order valence-corrected chi connectivity index (χ1v) is 13.7. The van der Waals surface area contributed by atoms with E-state index in [1.165, 1.54) is 24.0 Å². The van der Waals surface area contributed by atoms with Gasteiger partial charge in [0.05, 0.1) is 25.5 Å². The number of aliphatic carboxylic acids is 1. The second kappa shape index (κ2) is 11.5. The highest BCUT2D eigenvalue weighted by molar-refractivity contribution is 7.91. The highest BCUT2D eigenvalue weighted by atomic mass is 32.2. The molecular formula is C25H25N5O6S2. The van der Waals surface area contributed by atoms with Gasteiger partial charge in [-0.05, 0) is 47.5 Å². The fourth-order valence-electron chi connectivity index (χ4n) is 3.64. The van der Waals surface area contributed by atoms with Crippen molar-refractivity contribution in [3.8, 4) is 16.2 Å². The lowest BCUT2D eigenvalue weighted by Gasteiger charge is -2.12. The molecule has 2 heterocycles. The number of thiophene rings is 1. The largest absolute Gasteiger partial charge is 0.497 e. The number of nitrogens with one attached hydrogen (secondary N) is 2. The fourth-order valence-corrected chi connectivity index (χ4v) is 5.99. The molecule has 1 atom stereocenters. The number of methoxy groups -OCH3 is 1. The van der Waals surface area contributed by atoms with E-state index in [4.69, 9.17) is 4.74 Å². The lowest BCUT2D eigenvalue weighted by atomic mass is 10.1. The molecule has 0 spiro atoms. The van der Waals surface area contributed by atoms with Crippen LogP contribution in [-0.4, -0.2) is 54.6 Å². The van der Waals surface area contributed by atoms with Crippen molar-refractivity contribution in [2.24, 2.45) is 0 Å². The Bertz CT molecular complexity index is 1550. The monoisotopic (exact) mass is 555 g/mol. The molecule has 2 aromatic heterocycles. The predicted molar refractivity (Wildman–Crippen MR) is 141 cm³/mol. The Morgan fingerprint density at radius 3 is 2.58 bits per heavy atom. The van der Waals surface area contributed by atoms with E-state index in [-0.39, 0.29) is 28.8 Å². The Kier molecular flexibility index (Phi) is 8.20. The van der Waals surface area contributed by atoms with Gasteiger partial charge in [-0.3, -0.25) is 4.79 Å². The number of carbonyl (C=O) groups excluding carboxylic acids is 1. The van der Waals surface area contributed by atoms with Crippen LogP contribution in [0.25, 0.3) is 10.4 Å². The van der Waals surface area contributed by atoms with Crippen molar-refractivity contribution < 1.29 is 27.9 Å². The number of carbonyl (C=O) groups is 2. The molecule has 0 saturated heterocycles. The van der Waals surface area contributed by atoms with Crippen molar-refractivity contribution in [1.82, 2.24) is 25.0 Å². The zero-order valence-corrected chi connectivity index (χ0v) is 22.1. The second-order valence-electron chi connectivity index (χ2n) is 8.20. The average Bonchev–Trinajstić information content (AvgIpc) is 3.61. The maximum Gasteiger partial charge on any atom is 0.328 e. The molecule has 0 aliphatic rings. The van der Waals surface area contributed by atoms with Gasteiger partial charge < -0.3 is 15.2 Å². The van der Waals surface area contributed by atoms with Gasteiger partial charge >= 0.3 is 5.97 Å². The number of hydrogen-bond donors (Lipinski definition) is 3. The lowest BCUT2D eigenvalue weighted by molar-refractivity contribution is -0.141. The highest BCUT2D eigenvalue weighted by Crippen LogP contribution is 2.31. The van der Waals surface area contributed by atoms with Gasteiger partial charge in [0.15, 0.2) is 6.04 Å². The second-order valence-corrected chi connectivity index (χ2v) is 11.3. The SMILES string of the molecule is CNC(=O)c1cccc(-c2ccc(S(=O)(=O)NCc3cn([C@@H](Cc4ccc(OC)cc4)C(=O)O)nn3)s2)c1. The van der Waals surface area contributed by atoms with Crippen molar-refractivity contribution in [2.75, 3.05) is 14.2 Å². The summed E-state index contributed by atoms with van der Waals surface area (Å²) in [5.41, 5.74) is 2.22. The first kappa shape index (κ1) is 27.0. The average molecular weight is 556 g/mol. The molecular weight excluding hydrogens is 530 g/mol. The molecule has 0 saturated carbocycles. The molecule has 1 amide bonds. The number of carboxylic acids is 1. The number of amides is 1. The number of sulfonamides is 1. The minimum absolute atomic E-state index is 0.0909. The molecule has 38 heavy (non-hydrogen) atoms. The predicted octanol–water partition coefficient (Wildman–Crippen LogP) is 2.72. The molecule has 0 unspecified atom stereocenters. The Morgan fingerprint density at radius 2 is 1.89 bits per heavy atom. The van der Waals surface area contributed by atoms with Gasteiger partial charge in [-0.1, -0.05) is 29.5 Å². The zero-order valence-electron chi connectivity index (χ0n) is 20.5. The van der Waals surface area contributed by atoms with Crippen LogP contribution in [0.5, 0.6) is 5.75 Å². The number of carboxylic acid groups (broad SMARTS) is 1. The van der Waals surface area contributed by atoms with E-state index in [0.717, 1.165) is 22.5 Å². The fraction of sp³-hybridized carbons (Fsp3) is 0.200. The summed E-state index contributed by atoms with van der Waals surface area (Å²) >= 11 is 1.06. The van der Waals surface area contributed by atoms with Gasteiger partial charge in [-0.15, -0.1) is 16.4 Å². The van der Waals surface area contributed by atoms with E-state index >= 15 is 0 Å². The van der Waals surface area contributed by atoms with Crippen LogP contribution in [0.4, 0.5) is 0 Å². The highest BCUT2D eigenvalue weighted by Gasteiger charge is 2.23. The van der Waals surface area contributed by atoms with Crippen LogP contribution in [0, 0.1) is 0 Å². The van der Waals surface area contributed by atoms with E-state index in [9.17, 15) is 23.1 Å². The summed E-state index contributed by atoms with van der Waals surface area (Å²) in [5, 5.41) is 20.1. The van der Waals surface area contributed by atoms with Gasteiger partial charge in [0, 0.05) is 23.9 Å². The third-order valence-corrected chi connectivity index (χ3v) is 8.70. The van der Waals surface area contributed by atoms with E-state index in [1.54, 1.807) is 61.7 Å². The summed E-state index contributed by atoms with van der Waals surface area (Å²) in [4.78, 5) is 24.5. The summed E-state index contributed by atoms with van der Waals surface area (Å²) in [6, 6.07) is 16.1. The van der Waals surface area contributed by atoms with Crippen LogP contribution in [0.15, 0.2) is 71.1 Å². The summed E-state index contributed by atoms with van der Waals surface area (Å²) < 4.78 is 34.7. The van der Waals surface area contributed by atoms with Crippen LogP contribution in [-0.2, 0) is 27.8 Å². The first-order valence-electron chi connectivity index (χ1n) is 11.4. The molecule has 2 aromatic carbocycles. The van der Waals surface area contributed by atoms with Crippen LogP contribution in [0.1, 0.15) is 27.7 Å². The minimum atomic E-state index is -3.88. The number of nitrogens with zero attached hydrogens (tertiary/aromatic N) is 3. The van der Waals surface area contributed by atoms with Crippen LogP contribution in [0.3, 0.4) is 0 Å². The first-order chi connectivity index (χ1) is 18.2. The Labute approximate surface area is 223 Å². The maximum atomic E-state index is 12.9. The minimum Gasteiger partial charge on any atom is -0.497 e. The van der Waals surface area contributed by atoms with Crippen molar-refractivity contribution >= 4 is 33.2 Å². The molecule has 0 aliphatic carbocycles. The molecule has 4 rings (SSSR count). The Hall–Kier alpha value is -4.07. The van der Waals surface area contributed by atoms with E-state index in [1.807, 2.05) is 0 Å². The van der Waals surface area contributed by atoms with E-state index in [2.05, 4.69) is 20.4 Å². The summed E-state index contributed by atoms with van der Waals surface area (Å²) in [5.74, 6) is -0.671.